The van der Waals surface area contributed by atoms with E-state index in [0.29, 0.717) is 5.92 Å². The largest absolute Gasteiger partial charge is 0.264 e. The summed E-state index contributed by atoms with van der Waals surface area (Å²) in [5, 5.41) is 0. The van der Waals surface area contributed by atoms with Gasteiger partial charge in [0.1, 0.15) is 17.2 Å². The van der Waals surface area contributed by atoms with Crippen molar-refractivity contribution in [1.82, 2.24) is 19.5 Å². The molecule has 1 aliphatic heterocycles. The van der Waals surface area contributed by atoms with Crippen molar-refractivity contribution in [1.29, 1.82) is 0 Å². The van der Waals surface area contributed by atoms with Gasteiger partial charge in [-0.3, -0.25) is 4.57 Å². The smallest absolute Gasteiger partial charge is 0.165 e. The molecule has 3 aromatic heterocycles. The van der Waals surface area contributed by atoms with Gasteiger partial charge >= 0.3 is 0 Å². The van der Waals surface area contributed by atoms with Gasteiger partial charge in [0.05, 0.1) is 0 Å². The van der Waals surface area contributed by atoms with Gasteiger partial charge in [0.15, 0.2) is 5.65 Å². The number of pyridine rings is 2. The summed E-state index contributed by atoms with van der Waals surface area (Å²) in [6.07, 6.45) is 6.01. The van der Waals surface area contributed by atoms with Gasteiger partial charge in [0.2, 0.25) is 0 Å². The van der Waals surface area contributed by atoms with E-state index in [1.54, 1.807) is 0 Å². The van der Waals surface area contributed by atoms with Gasteiger partial charge in [0.25, 0.3) is 0 Å². The molecule has 0 bridgehead atoms. The summed E-state index contributed by atoms with van der Waals surface area (Å²) in [6, 6.07) is 9.95. The Morgan fingerprint density at radius 3 is 2.67 bits per heavy atom. The molecule has 0 atom stereocenters. The first-order valence-electron chi connectivity index (χ1n) is 7.26. The van der Waals surface area contributed by atoms with Gasteiger partial charge in [-0.05, 0) is 48.6 Å². The minimum atomic E-state index is 0.502. The van der Waals surface area contributed by atoms with Gasteiger partial charge in [-0.15, -0.1) is 0 Å². The first kappa shape index (κ1) is 12.8. The Morgan fingerprint density at radius 1 is 1.00 bits per heavy atom. The number of aromatic nitrogens is 4. The van der Waals surface area contributed by atoms with Gasteiger partial charge in [-0.25, -0.2) is 15.0 Å². The molecule has 3 aromatic rings. The van der Waals surface area contributed by atoms with E-state index >= 15 is 0 Å². The third kappa shape index (κ3) is 2.31. The highest BCUT2D eigenvalue weighted by atomic mass is 32.2. The minimum absolute atomic E-state index is 0.502. The summed E-state index contributed by atoms with van der Waals surface area (Å²) in [4.78, 5) is 13.9. The Hall–Kier alpha value is -1.88. The van der Waals surface area contributed by atoms with Crippen molar-refractivity contribution in [3.05, 3.63) is 48.5 Å². The second-order valence-corrected chi connectivity index (χ2v) is 6.45. The summed E-state index contributed by atoms with van der Waals surface area (Å²) in [6.45, 7) is 0. The molecule has 21 heavy (non-hydrogen) atoms. The Labute approximate surface area is 127 Å². The van der Waals surface area contributed by atoms with Crippen LogP contribution in [0, 0.1) is 0 Å². The van der Waals surface area contributed by atoms with Crippen LogP contribution in [0.25, 0.3) is 17.0 Å². The lowest BCUT2D eigenvalue weighted by Crippen LogP contribution is -2.14. The summed E-state index contributed by atoms with van der Waals surface area (Å²) < 4.78 is 2.13. The van der Waals surface area contributed by atoms with E-state index in [1.807, 2.05) is 54.5 Å². The predicted octanol–water partition coefficient (Wildman–Crippen LogP) is 3.43. The number of nitrogens with zero attached hydrogens (tertiary/aromatic N) is 4. The van der Waals surface area contributed by atoms with Crippen molar-refractivity contribution in [2.75, 3.05) is 11.5 Å². The number of imidazole rings is 1. The molecule has 0 aromatic carbocycles. The summed E-state index contributed by atoms with van der Waals surface area (Å²) in [5.74, 6) is 4.95. The molecular weight excluding hydrogens is 280 g/mol. The maximum Gasteiger partial charge on any atom is 0.165 e. The molecule has 4 heterocycles. The zero-order chi connectivity index (χ0) is 14.1. The first-order chi connectivity index (χ1) is 10.4. The molecule has 106 valence electrons. The van der Waals surface area contributed by atoms with Crippen LogP contribution in [0.1, 0.15) is 24.6 Å². The topological polar surface area (TPSA) is 43.6 Å². The Kier molecular flexibility index (Phi) is 3.35. The van der Waals surface area contributed by atoms with Crippen LogP contribution in [0.2, 0.25) is 0 Å². The summed E-state index contributed by atoms with van der Waals surface area (Å²) in [5.41, 5.74) is 1.86. The number of thioether (sulfide) groups is 1. The molecule has 4 nitrogen and oxygen atoms in total. The molecule has 0 aliphatic carbocycles. The lowest BCUT2D eigenvalue weighted by Gasteiger charge is -2.21. The van der Waals surface area contributed by atoms with Crippen LogP contribution >= 0.6 is 11.8 Å². The van der Waals surface area contributed by atoms with E-state index in [9.17, 15) is 0 Å². The van der Waals surface area contributed by atoms with E-state index in [4.69, 9.17) is 4.98 Å². The third-order valence-electron chi connectivity index (χ3n) is 3.91. The molecule has 0 saturated carbocycles. The average Bonchev–Trinajstić information content (AvgIpc) is 2.96. The van der Waals surface area contributed by atoms with Crippen LogP contribution in [0.15, 0.2) is 42.7 Å². The molecule has 0 N–H and O–H groups in total. The highest BCUT2D eigenvalue weighted by Crippen LogP contribution is 2.33. The molecule has 1 fully saturated rings. The van der Waals surface area contributed by atoms with Gasteiger partial charge in [-0.2, -0.15) is 11.8 Å². The van der Waals surface area contributed by atoms with Crippen molar-refractivity contribution in [2.45, 2.75) is 18.8 Å². The second kappa shape index (κ2) is 5.48. The molecule has 0 radical (unpaired) electrons. The van der Waals surface area contributed by atoms with Crippen molar-refractivity contribution in [3.63, 3.8) is 0 Å². The molecule has 4 rings (SSSR count). The molecule has 0 amide bonds. The SMILES string of the molecule is c1ccc(-n2c(C3CCSCC3)nc3cccnc32)nc1. The lowest BCUT2D eigenvalue weighted by molar-refractivity contribution is 0.590. The lowest BCUT2D eigenvalue weighted by atomic mass is 10.0. The monoisotopic (exact) mass is 296 g/mol. The minimum Gasteiger partial charge on any atom is -0.264 e. The fourth-order valence-electron chi connectivity index (χ4n) is 2.87. The van der Waals surface area contributed by atoms with Gasteiger partial charge < -0.3 is 0 Å². The summed E-state index contributed by atoms with van der Waals surface area (Å²) >= 11 is 2.03. The molecule has 5 heteroatoms. The number of fused-ring (bicyclic) bond motifs is 1. The highest BCUT2D eigenvalue weighted by Gasteiger charge is 2.24. The van der Waals surface area contributed by atoms with Crippen LogP contribution in [0.5, 0.6) is 0 Å². The normalized spacial score (nSPS) is 16.4. The standard InChI is InChI=1S/C16H16N4S/c1-2-8-17-14(5-1)20-15(12-6-10-21-11-7-12)19-13-4-3-9-18-16(13)20/h1-5,8-9,12H,6-7,10-11H2. The van der Waals surface area contributed by atoms with E-state index < -0.39 is 0 Å². The third-order valence-corrected chi connectivity index (χ3v) is 4.96. The van der Waals surface area contributed by atoms with Crippen molar-refractivity contribution < 1.29 is 0 Å². The molecule has 1 aliphatic rings. The first-order valence-corrected chi connectivity index (χ1v) is 8.41. The van der Waals surface area contributed by atoms with E-state index in [1.165, 1.54) is 24.3 Å². The van der Waals surface area contributed by atoms with Crippen LogP contribution in [-0.2, 0) is 0 Å². The zero-order valence-corrected chi connectivity index (χ0v) is 12.5. The Bertz CT molecular complexity index is 747. The van der Waals surface area contributed by atoms with E-state index in [2.05, 4.69) is 14.5 Å². The predicted molar refractivity (Wildman–Crippen MR) is 86.0 cm³/mol. The Morgan fingerprint density at radius 2 is 1.86 bits per heavy atom. The number of rotatable bonds is 2. The molecular formula is C16H16N4S. The van der Waals surface area contributed by atoms with Crippen LogP contribution < -0.4 is 0 Å². The maximum absolute atomic E-state index is 4.86. The quantitative estimate of drug-likeness (QED) is 0.726. The van der Waals surface area contributed by atoms with Crippen molar-refractivity contribution >= 4 is 22.9 Å². The van der Waals surface area contributed by atoms with Crippen molar-refractivity contribution in [2.24, 2.45) is 0 Å². The Balaban J connectivity index is 1.92. The number of hydrogen-bond acceptors (Lipinski definition) is 4. The number of hydrogen-bond donors (Lipinski definition) is 0. The molecule has 0 unspecified atom stereocenters. The van der Waals surface area contributed by atoms with Gasteiger partial charge in [0, 0.05) is 18.3 Å². The molecule has 0 spiro atoms. The fourth-order valence-corrected chi connectivity index (χ4v) is 3.98. The zero-order valence-electron chi connectivity index (χ0n) is 11.6. The molecule has 1 saturated heterocycles. The van der Waals surface area contributed by atoms with E-state index in [0.717, 1.165) is 22.8 Å². The highest BCUT2D eigenvalue weighted by molar-refractivity contribution is 7.99. The van der Waals surface area contributed by atoms with E-state index in [-0.39, 0.29) is 0 Å². The maximum atomic E-state index is 4.86. The van der Waals surface area contributed by atoms with Crippen molar-refractivity contribution in [3.8, 4) is 5.82 Å². The van der Waals surface area contributed by atoms with Crippen LogP contribution in [0.4, 0.5) is 0 Å². The summed E-state index contributed by atoms with van der Waals surface area (Å²) in [7, 11) is 0. The average molecular weight is 296 g/mol. The fraction of sp³-hybridized carbons (Fsp3) is 0.312. The van der Waals surface area contributed by atoms with Gasteiger partial charge in [-0.1, -0.05) is 6.07 Å². The van der Waals surface area contributed by atoms with Crippen LogP contribution in [-0.4, -0.2) is 31.0 Å². The van der Waals surface area contributed by atoms with Crippen LogP contribution in [0.3, 0.4) is 0 Å². The second-order valence-electron chi connectivity index (χ2n) is 5.23.